The third-order valence-electron chi connectivity index (χ3n) is 5.98. The molecule has 5 rings (SSSR count). The second-order valence-corrected chi connectivity index (χ2v) is 10.7. The molecule has 2 aromatic carbocycles. The summed E-state index contributed by atoms with van der Waals surface area (Å²) in [4.78, 5) is 21.8. The van der Waals surface area contributed by atoms with Gasteiger partial charge in [-0.25, -0.2) is 9.97 Å². The van der Waals surface area contributed by atoms with E-state index in [-0.39, 0.29) is 5.91 Å². The Morgan fingerprint density at radius 1 is 1.09 bits per heavy atom. The molecular weight excluding hydrogens is 444 g/mol. The van der Waals surface area contributed by atoms with E-state index in [9.17, 15) is 9.00 Å². The van der Waals surface area contributed by atoms with Crippen LogP contribution >= 0.6 is 0 Å². The Balaban J connectivity index is 1.55. The van der Waals surface area contributed by atoms with Gasteiger partial charge in [-0.05, 0) is 37.3 Å². The van der Waals surface area contributed by atoms with Gasteiger partial charge >= 0.3 is 0 Å². The maximum Gasteiger partial charge on any atom is 0.251 e. The average molecular weight is 473 g/mol. The van der Waals surface area contributed by atoms with Crippen molar-refractivity contribution in [1.29, 1.82) is 0 Å². The van der Waals surface area contributed by atoms with Crippen LogP contribution in [0.25, 0.3) is 28.2 Å². The molecule has 4 aromatic rings. The van der Waals surface area contributed by atoms with E-state index in [0.717, 1.165) is 41.8 Å². The van der Waals surface area contributed by atoms with Crippen LogP contribution in [0.2, 0.25) is 0 Å². The second-order valence-electron chi connectivity index (χ2n) is 9.19. The third-order valence-corrected chi connectivity index (χ3v) is 7.29. The summed E-state index contributed by atoms with van der Waals surface area (Å²) in [6.07, 6.45) is 6.71. The van der Waals surface area contributed by atoms with Crippen molar-refractivity contribution in [3.8, 4) is 22.5 Å². The van der Waals surface area contributed by atoms with Gasteiger partial charge < -0.3 is 5.32 Å². The highest BCUT2D eigenvalue weighted by molar-refractivity contribution is 7.85. The maximum atomic E-state index is 13.3. The fourth-order valence-corrected chi connectivity index (χ4v) is 5.24. The zero-order chi connectivity index (χ0) is 23.7. The Kier molecular flexibility index (Phi) is 6.28. The van der Waals surface area contributed by atoms with Crippen LogP contribution in [0, 0.1) is 5.92 Å². The minimum atomic E-state index is -1.26. The number of carbonyl (C=O) groups excluding carboxylic acids is 1. The van der Waals surface area contributed by atoms with Crippen LogP contribution in [0.5, 0.6) is 0 Å². The largest absolute Gasteiger partial charge is 0.349 e. The zero-order valence-electron chi connectivity index (χ0n) is 19.4. The standard InChI is InChI=1S/C27H28N4O2S/c1-18(2)14-15-34(33)27-25-28-16-24(31(25)17-23(30-27)19-6-4-3-5-7-19)20-8-10-21(11-9-20)26(32)29-22-12-13-22/h3-11,16-18,22H,12-15H2,1-2H3,(H,29,32)/t34-/m1/s1. The molecule has 7 heteroatoms. The van der Waals surface area contributed by atoms with Crippen LogP contribution in [0.3, 0.4) is 0 Å². The summed E-state index contributed by atoms with van der Waals surface area (Å²) in [6, 6.07) is 17.8. The molecule has 6 nitrogen and oxygen atoms in total. The molecule has 1 fully saturated rings. The Labute approximate surface area is 201 Å². The second kappa shape index (κ2) is 9.50. The lowest BCUT2D eigenvalue weighted by atomic mass is 10.1. The first kappa shape index (κ1) is 22.5. The van der Waals surface area contributed by atoms with Gasteiger partial charge in [0.05, 0.1) is 28.4 Å². The summed E-state index contributed by atoms with van der Waals surface area (Å²) >= 11 is 0. The molecule has 2 heterocycles. The van der Waals surface area contributed by atoms with Crippen molar-refractivity contribution in [1.82, 2.24) is 19.7 Å². The number of benzene rings is 2. The molecule has 0 bridgehead atoms. The fraction of sp³-hybridized carbons (Fsp3) is 0.296. The van der Waals surface area contributed by atoms with Crippen LogP contribution < -0.4 is 5.32 Å². The summed E-state index contributed by atoms with van der Waals surface area (Å²) in [6.45, 7) is 4.26. The lowest BCUT2D eigenvalue weighted by Gasteiger charge is -2.11. The molecule has 2 aromatic heterocycles. The molecule has 0 radical (unpaired) electrons. The lowest BCUT2D eigenvalue weighted by molar-refractivity contribution is 0.0951. The number of fused-ring (bicyclic) bond motifs is 1. The van der Waals surface area contributed by atoms with Crippen molar-refractivity contribution in [2.75, 3.05) is 5.75 Å². The highest BCUT2D eigenvalue weighted by Crippen LogP contribution is 2.28. The minimum absolute atomic E-state index is 0.0365. The fourth-order valence-electron chi connectivity index (χ4n) is 3.80. The van der Waals surface area contributed by atoms with Crippen molar-refractivity contribution in [3.05, 3.63) is 72.6 Å². The predicted molar refractivity (Wildman–Crippen MR) is 135 cm³/mol. The van der Waals surface area contributed by atoms with E-state index in [2.05, 4.69) is 24.1 Å². The molecule has 1 N–H and O–H groups in total. The van der Waals surface area contributed by atoms with Gasteiger partial charge in [0, 0.05) is 34.7 Å². The maximum absolute atomic E-state index is 13.3. The van der Waals surface area contributed by atoms with E-state index >= 15 is 0 Å². The Hall–Kier alpha value is -3.32. The number of nitrogens with zero attached hydrogens (tertiary/aromatic N) is 3. The lowest BCUT2D eigenvalue weighted by Crippen LogP contribution is -2.25. The van der Waals surface area contributed by atoms with Crippen molar-refractivity contribution < 1.29 is 9.00 Å². The van der Waals surface area contributed by atoms with Gasteiger partial charge in [-0.2, -0.15) is 0 Å². The number of carbonyl (C=O) groups is 1. The first-order valence-electron chi connectivity index (χ1n) is 11.7. The highest BCUT2D eigenvalue weighted by Gasteiger charge is 2.24. The van der Waals surface area contributed by atoms with Gasteiger partial charge in [-0.3, -0.25) is 13.4 Å². The summed E-state index contributed by atoms with van der Waals surface area (Å²) in [5.74, 6) is 0.972. The molecule has 174 valence electrons. The van der Waals surface area contributed by atoms with E-state index in [4.69, 9.17) is 4.98 Å². The molecule has 34 heavy (non-hydrogen) atoms. The van der Waals surface area contributed by atoms with E-state index in [0.29, 0.717) is 33.9 Å². The monoisotopic (exact) mass is 472 g/mol. The first-order valence-corrected chi connectivity index (χ1v) is 13.0. The molecule has 0 unspecified atom stereocenters. The normalized spacial score (nSPS) is 14.4. The van der Waals surface area contributed by atoms with Crippen molar-refractivity contribution in [2.24, 2.45) is 5.92 Å². The Morgan fingerprint density at radius 3 is 2.50 bits per heavy atom. The number of rotatable bonds is 8. The van der Waals surface area contributed by atoms with Crippen LogP contribution in [0.4, 0.5) is 0 Å². The van der Waals surface area contributed by atoms with Crippen LogP contribution in [0.15, 0.2) is 72.0 Å². The quantitative estimate of drug-likeness (QED) is 0.387. The number of hydrogen-bond acceptors (Lipinski definition) is 4. The number of imidazole rings is 1. The van der Waals surface area contributed by atoms with Gasteiger partial charge in [0.1, 0.15) is 0 Å². The molecule has 1 aliphatic rings. The summed E-state index contributed by atoms with van der Waals surface area (Å²) in [7, 11) is -1.26. The average Bonchev–Trinajstić information content (AvgIpc) is 3.57. The summed E-state index contributed by atoms with van der Waals surface area (Å²) in [5, 5.41) is 3.53. The molecule has 0 aliphatic heterocycles. The molecule has 0 saturated heterocycles. The highest BCUT2D eigenvalue weighted by atomic mass is 32.2. The third kappa shape index (κ3) is 4.80. The Morgan fingerprint density at radius 2 is 1.82 bits per heavy atom. The van der Waals surface area contributed by atoms with E-state index in [1.807, 2.05) is 65.2 Å². The molecule has 1 atom stereocenters. The summed E-state index contributed by atoms with van der Waals surface area (Å²) < 4.78 is 15.2. The van der Waals surface area contributed by atoms with Crippen molar-refractivity contribution in [3.63, 3.8) is 0 Å². The topological polar surface area (TPSA) is 76.4 Å². The van der Waals surface area contributed by atoms with Gasteiger partial charge in [0.2, 0.25) is 0 Å². The zero-order valence-corrected chi connectivity index (χ0v) is 20.2. The van der Waals surface area contributed by atoms with Crippen molar-refractivity contribution in [2.45, 2.75) is 44.2 Å². The van der Waals surface area contributed by atoms with Crippen LogP contribution in [0.1, 0.15) is 43.5 Å². The predicted octanol–water partition coefficient (Wildman–Crippen LogP) is 5.11. The van der Waals surface area contributed by atoms with E-state index in [1.165, 1.54) is 0 Å². The number of nitrogens with one attached hydrogen (secondary N) is 1. The SMILES string of the molecule is CC(C)CC[S@@](=O)c1nc(-c2ccccc2)cn2c(-c3ccc(C(=O)NC4CC4)cc3)cnc12. The van der Waals surface area contributed by atoms with Crippen LogP contribution in [-0.2, 0) is 10.8 Å². The van der Waals surface area contributed by atoms with Crippen molar-refractivity contribution >= 4 is 22.4 Å². The number of aromatic nitrogens is 3. The number of amides is 1. The van der Waals surface area contributed by atoms with Gasteiger partial charge in [0.25, 0.3) is 5.91 Å². The Bertz CT molecular complexity index is 1340. The molecule has 0 spiro atoms. The van der Waals surface area contributed by atoms with Gasteiger partial charge in [0.15, 0.2) is 10.7 Å². The van der Waals surface area contributed by atoms with Crippen LogP contribution in [-0.4, -0.2) is 36.3 Å². The van der Waals surface area contributed by atoms with Gasteiger partial charge in [-0.15, -0.1) is 0 Å². The molecular formula is C27H28N4O2S. The minimum Gasteiger partial charge on any atom is -0.349 e. The van der Waals surface area contributed by atoms with E-state index < -0.39 is 10.8 Å². The molecule has 1 saturated carbocycles. The van der Waals surface area contributed by atoms with E-state index in [1.54, 1.807) is 6.20 Å². The smallest absolute Gasteiger partial charge is 0.251 e. The molecule has 1 amide bonds. The summed E-state index contributed by atoms with van der Waals surface area (Å²) in [5.41, 5.74) is 4.75. The molecule has 1 aliphatic carbocycles. The first-order chi connectivity index (χ1) is 16.5. The van der Waals surface area contributed by atoms with Gasteiger partial charge in [-0.1, -0.05) is 56.3 Å². The number of hydrogen-bond donors (Lipinski definition) is 1.